The van der Waals surface area contributed by atoms with Gasteiger partial charge >= 0.3 is 0 Å². The molecule has 1 saturated heterocycles. The summed E-state index contributed by atoms with van der Waals surface area (Å²) in [4.78, 5) is 19.7. The van der Waals surface area contributed by atoms with E-state index in [2.05, 4.69) is 9.88 Å². The van der Waals surface area contributed by atoms with E-state index >= 15 is 0 Å². The van der Waals surface area contributed by atoms with Gasteiger partial charge in [0.1, 0.15) is 6.10 Å². The summed E-state index contributed by atoms with van der Waals surface area (Å²) in [5.74, 6) is 0.122. The molecule has 1 amide bonds. The molecular weight excluding hydrogens is 230 g/mol. The summed E-state index contributed by atoms with van der Waals surface area (Å²) in [6.45, 7) is 2.60. The van der Waals surface area contributed by atoms with E-state index in [1.807, 2.05) is 18.2 Å². The van der Waals surface area contributed by atoms with Gasteiger partial charge in [-0.1, -0.05) is 6.07 Å². The average molecular weight is 249 g/mol. The quantitative estimate of drug-likeness (QED) is 0.784. The van der Waals surface area contributed by atoms with Gasteiger partial charge in [-0.05, 0) is 12.1 Å². The maximum atomic E-state index is 11.7. The number of hydrogen-bond acceptors (Lipinski definition) is 4. The first-order valence-electron chi connectivity index (χ1n) is 6.12. The Hall–Kier alpha value is -1.46. The maximum Gasteiger partial charge on any atom is 0.236 e. The lowest BCUT2D eigenvalue weighted by Gasteiger charge is -2.32. The molecule has 0 unspecified atom stereocenters. The fourth-order valence-electron chi connectivity index (χ4n) is 1.92. The van der Waals surface area contributed by atoms with Crippen LogP contribution in [0, 0.1) is 0 Å². The van der Waals surface area contributed by atoms with Crippen LogP contribution in [-0.2, 0) is 9.53 Å². The first-order valence-corrected chi connectivity index (χ1v) is 6.12. The van der Waals surface area contributed by atoms with Crippen LogP contribution in [0.2, 0.25) is 0 Å². The number of nitrogens with zero attached hydrogens (tertiary/aromatic N) is 3. The molecule has 0 aliphatic carbocycles. The number of amides is 1. The normalized spacial score (nSPS) is 20.7. The highest BCUT2D eigenvalue weighted by Gasteiger charge is 2.24. The van der Waals surface area contributed by atoms with E-state index in [-0.39, 0.29) is 12.0 Å². The SMILES string of the molecule is CN(C)C(=O)CN1CCO[C@@H](c2ccccn2)C1. The van der Waals surface area contributed by atoms with E-state index in [9.17, 15) is 4.79 Å². The molecule has 0 saturated carbocycles. The average Bonchev–Trinajstić information content (AvgIpc) is 2.40. The van der Waals surface area contributed by atoms with Crippen molar-refractivity contribution in [2.24, 2.45) is 0 Å². The highest BCUT2D eigenvalue weighted by molar-refractivity contribution is 5.77. The minimum absolute atomic E-state index is 0.0325. The second-order valence-electron chi connectivity index (χ2n) is 4.64. The highest BCUT2D eigenvalue weighted by atomic mass is 16.5. The first-order chi connectivity index (χ1) is 8.66. The number of rotatable bonds is 3. The molecule has 1 aromatic rings. The number of ether oxygens (including phenoxy) is 1. The molecule has 1 aromatic heterocycles. The molecular formula is C13H19N3O2. The molecule has 0 spiro atoms. The van der Waals surface area contributed by atoms with Crippen LogP contribution in [0.1, 0.15) is 11.8 Å². The van der Waals surface area contributed by atoms with Crippen molar-refractivity contribution < 1.29 is 9.53 Å². The molecule has 0 aromatic carbocycles. The van der Waals surface area contributed by atoms with Crippen LogP contribution in [0.15, 0.2) is 24.4 Å². The van der Waals surface area contributed by atoms with Gasteiger partial charge in [-0.25, -0.2) is 0 Å². The van der Waals surface area contributed by atoms with Gasteiger partial charge in [-0.2, -0.15) is 0 Å². The zero-order chi connectivity index (χ0) is 13.0. The van der Waals surface area contributed by atoms with Gasteiger partial charge in [-0.15, -0.1) is 0 Å². The fraction of sp³-hybridized carbons (Fsp3) is 0.538. The predicted molar refractivity (Wildman–Crippen MR) is 68.1 cm³/mol. The molecule has 1 aliphatic rings. The van der Waals surface area contributed by atoms with E-state index in [1.165, 1.54) is 0 Å². The summed E-state index contributed by atoms with van der Waals surface area (Å²) in [6.07, 6.45) is 1.73. The Kier molecular flexibility index (Phi) is 4.28. The van der Waals surface area contributed by atoms with Crippen LogP contribution in [0.5, 0.6) is 0 Å². The van der Waals surface area contributed by atoms with Gasteiger partial charge < -0.3 is 9.64 Å². The largest absolute Gasteiger partial charge is 0.369 e. The number of likely N-dealkylation sites (N-methyl/N-ethyl adjacent to an activating group) is 1. The highest BCUT2D eigenvalue weighted by Crippen LogP contribution is 2.19. The standard InChI is InChI=1S/C13H19N3O2/c1-15(2)13(17)10-16-7-8-18-12(9-16)11-5-3-4-6-14-11/h3-6,12H,7-10H2,1-2H3/t12-/m1/s1. The second kappa shape index (κ2) is 5.93. The summed E-state index contributed by atoms with van der Waals surface area (Å²) in [5, 5.41) is 0. The lowest BCUT2D eigenvalue weighted by Crippen LogP contribution is -2.44. The van der Waals surface area contributed by atoms with Gasteiger partial charge in [-0.3, -0.25) is 14.7 Å². The molecule has 0 radical (unpaired) electrons. The number of morpholine rings is 1. The second-order valence-corrected chi connectivity index (χ2v) is 4.64. The third-order valence-electron chi connectivity index (χ3n) is 3.03. The summed E-state index contributed by atoms with van der Waals surface area (Å²) in [7, 11) is 3.55. The zero-order valence-corrected chi connectivity index (χ0v) is 10.9. The lowest BCUT2D eigenvalue weighted by molar-refractivity contribution is -0.132. The Balaban J connectivity index is 1.95. The molecule has 0 bridgehead atoms. The number of aromatic nitrogens is 1. The van der Waals surface area contributed by atoms with Crippen molar-refractivity contribution in [1.82, 2.24) is 14.8 Å². The Morgan fingerprint density at radius 3 is 3.06 bits per heavy atom. The fourth-order valence-corrected chi connectivity index (χ4v) is 1.92. The van der Waals surface area contributed by atoms with Crippen LogP contribution in [0.4, 0.5) is 0 Å². The molecule has 5 heteroatoms. The molecule has 1 atom stereocenters. The molecule has 18 heavy (non-hydrogen) atoms. The minimum Gasteiger partial charge on any atom is -0.369 e. The molecule has 0 N–H and O–H groups in total. The number of carbonyl (C=O) groups is 1. The molecule has 1 aliphatic heterocycles. The molecule has 98 valence electrons. The van der Waals surface area contributed by atoms with E-state index in [1.54, 1.807) is 25.2 Å². The summed E-state index contributed by atoms with van der Waals surface area (Å²) in [5.41, 5.74) is 0.930. The van der Waals surface area contributed by atoms with Crippen molar-refractivity contribution in [3.8, 4) is 0 Å². The van der Waals surface area contributed by atoms with E-state index in [0.717, 1.165) is 18.8 Å². The van der Waals surface area contributed by atoms with E-state index in [4.69, 9.17) is 4.74 Å². The van der Waals surface area contributed by atoms with Crippen molar-refractivity contribution in [3.63, 3.8) is 0 Å². The number of hydrogen-bond donors (Lipinski definition) is 0. The summed E-state index contributed by atoms with van der Waals surface area (Å²) >= 11 is 0. The Morgan fingerprint density at radius 1 is 1.56 bits per heavy atom. The minimum atomic E-state index is -0.0325. The van der Waals surface area contributed by atoms with Crippen molar-refractivity contribution in [2.45, 2.75) is 6.10 Å². The topological polar surface area (TPSA) is 45.7 Å². The first kappa shape index (κ1) is 13.0. The smallest absolute Gasteiger partial charge is 0.236 e. The summed E-state index contributed by atoms with van der Waals surface area (Å²) in [6, 6.07) is 5.80. The summed E-state index contributed by atoms with van der Waals surface area (Å²) < 4.78 is 5.71. The molecule has 2 heterocycles. The van der Waals surface area contributed by atoms with Gasteiger partial charge in [0.25, 0.3) is 0 Å². The van der Waals surface area contributed by atoms with Gasteiger partial charge in [0.2, 0.25) is 5.91 Å². The van der Waals surface area contributed by atoms with Crippen LogP contribution in [0.25, 0.3) is 0 Å². The number of pyridine rings is 1. The third kappa shape index (κ3) is 3.27. The van der Waals surface area contributed by atoms with Crippen LogP contribution >= 0.6 is 0 Å². The lowest BCUT2D eigenvalue weighted by atomic mass is 10.2. The van der Waals surface area contributed by atoms with Crippen molar-refractivity contribution >= 4 is 5.91 Å². The predicted octanol–water partition coefficient (Wildman–Crippen LogP) is 0.543. The van der Waals surface area contributed by atoms with E-state index < -0.39 is 0 Å². The Morgan fingerprint density at radius 2 is 2.39 bits per heavy atom. The van der Waals surface area contributed by atoms with E-state index in [0.29, 0.717) is 13.2 Å². The van der Waals surface area contributed by atoms with Crippen molar-refractivity contribution in [1.29, 1.82) is 0 Å². The van der Waals surface area contributed by atoms with Crippen LogP contribution in [-0.4, -0.2) is 61.0 Å². The van der Waals surface area contributed by atoms with Crippen LogP contribution in [0.3, 0.4) is 0 Å². The van der Waals surface area contributed by atoms with Crippen molar-refractivity contribution in [2.75, 3.05) is 40.3 Å². The zero-order valence-electron chi connectivity index (χ0n) is 10.9. The maximum absolute atomic E-state index is 11.7. The molecule has 5 nitrogen and oxygen atoms in total. The van der Waals surface area contributed by atoms with Gasteiger partial charge in [0.15, 0.2) is 0 Å². The Bertz CT molecular complexity index is 394. The molecule has 2 rings (SSSR count). The molecule has 1 fully saturated rings. The van der Waals surface area contributed by atoms with Crippen molar-refractivity contribution in [3.05, 3.63) is 30.1 Å². The van der Waals surface area contributed by atoms with Gasteiger partial charge in [0, 0.05) is 33.4 Å². The monoisotopic (exact) mass is 249 g/mol. The van der Waals surface area contributed by atoms with Crippen LogP contribution < -0.4 is 0 Å². The Labute approximate surface area is 107 Å². The number of carbonyl (C=O) groups excluding carboxylic acids is 1. The third-order valence-corrected chi connectivity index (χ3v) is 3.03. The van der Waals surface area contributed by atoms with Gasteiger partial charge in [0.05, 0.1) is 18.8 Å².